The fraction of sp³-hybridized carbons (Fsp3) is 0.562. The van der Waals surface area contributed by atoms with Crippen LogP contribution < -0.4 is 11.1 Å². The summed E-state index contributed by atoms with van der Waals surface area (Å²) in [7, 11) is 0. The normalized spacial score (nSPS) is 32.1. The van der Waals surface area contributed by atoms with Crippen molar-refractivity contribution in [3.05, 3.63) is 34.9 Å². The summed E-state index contributed by atoms with van der Waals surface area (Å²) >= 11 is 0. The van der Waals surface area contributed by atoms with E-state index in [1.165, 1.54) is 0 Å². The van der Waals surface area contributed by atoms with Gasteiger partial charge in [-0.05, 0) is 38.3 Å². The third kappa shape index (κ3) is 2.23. The minimum Gasteiger partial charge on any atom is -0.376 e. The summed E-state index contributed by atoms with van der Waals surface area (Å²) in [6.07, 6.45) is 2.29. The molecule has 1 heterocycles. The van der Waals surface area contributed by atoms with Crippen molar-refractivity contribution in [2.24, 2.45) is 11.7 Å². The molecular weight excluding hydrogens is 252 g/mol. The number of carbonyl (C=O) groups is 1. The van der Waals surface area contributed by atoms with Gasteiger partial charge >= 0.3 is 0 Å². The Morgan fingerprint density at radius 1 is 1.40 bits per heavy atom. The molecule has 4 atom stereocenters. The molecule has 1 aromatic carbocycles. The molecular formula is C16H22N2O2. The van der Waals surface area contributed by atoms with Gasteiger partial charge in [0.05, 0.1) is 12.1 Å². The Balaban J connectivity index is 1.71. The number of nitrogens with two attached hydrogens (primary N) is 1. The van der Waals surface area contributed by atoms with E-state index in [4.69, 9.17) is 10.5 Å². The van der Waals surface area contributed by atoms with Crippen LogP contribution in [0.15, 0.2) is 18.2 Å². The SMILES string of the molecule is Cc1ccc(C)c(C(=O)NC2C(N)C3CCCOC32)c1. The van der Waals surface area contributed by atoms with Crippen molar-refractivity contribution in [3.63, 3.8) is 0 Å². The van der Waals surface area contributed by atoms with Gasteiger partial charge in [0, 0.05) is 24.1 Å². The van der Waals surface area contributed by atoms with Crippen molar-refractivity contribution in [1.82, 2.24) is 5.32 Å². The van der Waals surface area contributed by atoms with E-state index in [9.17, 15) is 4.79 Å². The standard InChI is InChI=1S/C16H22N2O2/c1-9-5-6-10(2)12(8-9)16(19)18-14-13(17)11-4-3-7-20-15(11)14/h5-6,8,11,13-15H,3-4,7,17H2,1-2H3,(H,18,19). The molecule has 3 rings (SSSR count). The molecule has 1 amide bonds. The molecule has 1 aliphatic heterocycles. The van der Waals surface area contributed by atoms with Gasteiger partial charge in [-0.1, -0.05) is 17.7 Å². The largest absolute Gasteiger partial charge is 0.376 e. The first-order valence-electron chi connectivity index (χ1n) is 7.33. The first kappa shape index (κ1) is 13.6. The van der Waals surface area contributed by atoms with Crippen LogP contribution in [0.25, 0.3) is 0 Å². The summed E-state index contributed by atoms with van der Waals surface area (Å²) < 4.78 is 5.76. The number of carbonyl (C=O) groups excluding carboxylic acids is 1. The lowest BCUT2D eigenvalue weighted by molar-refractivity contribution is -0.117. The van der Waals surface area contributed by atoms with E-state index in [0.717, 1.165) is 36.1 Å². The molecule has 4 nitrogen and oxygen atoms in total. The summed E-state index contributed by atoms with van der Waals surface area (Å²) in [5, 5.41) is 3.06. The number of nitrogens with one attached hydrogen (secondary N) is 1. The molecule has 1 saturated heterocycles. The van der Waals surface area contributed by atoms with Crippen molar-refractivity contribution in [2.45, 2.75) is 44.9 Å². The van der Waals surface area contributed by atoms with Crippen LogP contribution in [0.4, 0.5) is 0 Å². The molecule has 1 saturated carbocycles. The number of rotatable bonds is 2. The lowest BCUT2D eigenvalue weighted by Gasteiger charge is -2.52. The summed E-state index contributed by atoms with van der Waals surface area (Å²) in [5.41, 5.74) is 8.99. The maximum atomic E-state index is 12.4. The fourth-order valence-corrected chi connectivity index (χ4v) is 3.34. The van der Waals surface area contributed by atoms with Crippen LogP contribution in [-0.2, 0) is 4.74 Å². The fourth-order valence-electron chi connectivity index (χ4n) is 3.34. The predicted molar refractivity (Wildman–Crippen MR) is 77.6 cm³/mol. The number of amides is 1. The van der Waals surface area contributed by atoms with Crippen LogP contribution in [0.5, 0.6) is 0 Å². The highest BCUT2D eigenvalue weighted by Gasteiger charge is 2.51. The Hall–Kier alpha value is -1.39. The van der Waals surface area contributed by atoms with Crippen molar-refractivity contribution in [2.75, 3.05) is 6.61 Å². The number of fused-ring (bicyclic) bond motifs is 1. The number of benzene rings is 1. The zero-order valence-corrected chi connectivity index (χ0v) is 12.1. The van der Waals surface area contributed by atoms with Crippen molar-refractivity contribution < 1.29 is 9.53 Å². The second-order valence-corrected chi connectivity index (χ2v) is 6.04. The molecule has 108 valence electrons. The van der Waals surface area contributed by atoms with Gasteiger partial charge in [-0.15, -0.1) is 0 Å². The minimum absolute atomic E-state index is 0.0226. The lowest BCUT2D eigenvalue weighted by Crippen LogP contribution is -2.72. The van der Waals surface area contributed by atoms with Crippen molar-refractivity contribution >= 4 is 5.91 Å². The number of hydrogen-bond donors (Lipinski definition) is 2. The van der Waals surface area contributed by atoms with Crippen molar-refractivity contribution in [3.8, 4) is 0 Å². The highest BCUT2D eigenvalue weighted by molar-refractivity contribution is 5.96. The highest BCUT2D eigenvalue weighted by atomic mass is 16.5. The molecule has 0 radical (unpaired) electrons. The number of ether oxygens (including phenoxy) is 1. The Kier molecular flexibility index (Phi) is 3.52. The first-order chi connectivity index (χ1) is 9.58. The molecule has 1 aromatic rings. The predicted octanol–water partition coefficient (Wildman–Crippen LogP) is 1.54. The van der Waals surface area contributed by atoms with Crippen LogP contribution in [-0.4, -0.2) is 30.7 Å². The third-order valence-electron chi connectivity index (χ3n) is 4.61. The van der Waals surface area contributed by atoms with Gasteiger partial charge in [0.2, 0.25) is 0 Å². The Morgan fingerprint density at radius 3 is 3.00 bits per heavy atom. The number of hydrogen-bond acceptors (Lipinski definition) is 3. The smallest absolute Gasteiger partial charge is 0.251 e. The summed E-state index contributed by atoms with van der Waals surface area (Å²) in [6.45, 7) is 4.73. The molecule has 1 aliphatic carbocycles. The molecule has 0 aromatic heterocycles. The zero-order valence-electron chi connectivity index (χ0n) is 12.1. The summed E-state index contributed by atoms with van der Waals surface area (Å²) in [5.74, 6) is 0.368. The van der Waals surface area contributed by atoms with Gasteiger partial charge in [-0.3, -0.25) is 4.79 Å². The van der Waals surface area contributed by atoms with E-state index in [1.54, 1.807) is 0 Å². The maximum Gasteiger partial charge on any atom is 0.251 e. The molecule has 0 spiro atoms. The molecule has 0 bridgehead atoms. The maximum absolute atomic E-state index is 12.4. The molecule has 20 heavy (non-hydrogen) atoms. The van der Waals surface area contributed by atoms with E-state index in [-0.39, 0.29) is 24.1 Å². The van der Waals surface area contributed by atoms with Gasteiger partial charge in [0.15, 0.2) is 0 Å². The third-order valence-corrected chi connectivity index (χ3v) is 4.61. The zero-order chi connectivity index (χ0) is 14.3. The lowest BCUT2D eigenvalue weighted by atomic mass is 9.68. The van der Waals surface area contributed by atoms with E-state index >= 15 is 0 Å². The summed E-state index contributed by atoms with van der Waals surface area (Å²) in [4.78, 5) is 12.4. The van der Waals surface area contributed by atoms with Crippen molar-refractivity contribution in [1.29, 1.82) is 0 Å². The van der Waals surface area contributed by atoms with Gasteiger partial charge < -0.3 is 15.8 Å². The second kappa shape index (κ2) is 5.19. The van der Waals surface area contributed by atoms with E-state index in [2.05, 4.69) is 5.32 Å². The average molecular weight is 274 g/mol. The highest BCUT2D eigenvalue weighted by Crippen LogP contribution is 2.37. The number of aryl methyl sites for hydroxylation is 2. The first-order valence-corrected chi connectivity index (χ1v) is 7.33. The average Bonchev–Trinajstić information content (AvgIpc) is 2.46. The van der Waals surface area contributed by atoms with Crippen LogP contribution in [0, 0.1) is 19.8 Å². The van der Waals surface area contributed by atoms with Gasteiger partial charge in [-0.2, -0.15) is 0 Å². The van der Waals surface area contributed by atoms with Crippen LogP contribution in [0.3, 0.4) is 0 Å². The molecule has 3 N–H and O–H groups in total. The van der Waals surface area contributed by atoms with Gasteiger partial charge in [-0.25, -0.2) is 0 Å². The Bertz CT molecular complexity index is 529. The van der Waals surface area contributed by atoms with Crippen LogP contribution in [0.1, 0.15) is 34.3 Å². The molecule has 4 heteroatoms. The Labute approximate surface area is 119 Å². The van der Waals surface area contributed by atoms with Gasteiger partial charge in [0.1, 0.15) is 0 Å². The second-order valence-electron chi connectivity index (χ2n) is 6.04. The van der Waals surface area contributed by atoms with E-state index in [1.807, 2.05) is 32.0 Å². The molecule has 4 unspecified atom stereocenters. The monoisotopic (exact) mass is 274 g/mol. The van der Waals surface area contributed by atoms with Gasteiger partial charge in [0.25, 0.3) is 5.91 Å². The topological polar surface area (TPSA) is 64.4 Å². The molecule has 2 fully saturated rings. The molecule has 2 aliphatic rings. The van der Waals surface area contributed by atoms with Crippen LogP contribution in [0.2, 0.25) is 0 Å². The van der Waals surface area contributed by atoms with E-state index < -0.39 is 0 Å². The summed E-state index contributed by atoms with van der Waals surface area (Å²) in [6, 6.07) is 5.89. The minimum atomic E-state index is -0.0484. The Morgan fingerprint density at radius 2 is 2.20 bits per heavy atom. The van der Waals surface area contributed by atoms with E-state index in [0.29, 0.717) is 5.92 Å². The quantitative estimate of drug-likeness (QED) is 0.860. The van der Waals surface area contributed by atoms with Crippen LogP contribution >= 0.6 is 0 Å².